The average Bonchev–Trinajstić information content (AvgIpc) is 3.17. The number of ketones is 1. The smallest absolute Gasteiger partial charge is 0.295 e. The Hall–Kier alpha value is -3.90. The van der Waals surface area contributed by atoms with Gasteiger partial charge in [-0.1, -0.05) is 75.4 Å². The first kappa shape index (κ1) is 27.1. The zero-order valence-electron chi connectivity index (χ0n) is 22.4. The largest absolute Gasteiger partial charge is 0.507 e. The predicted octanol–water partition coefficient (Wildman–Crippen LogP) is 6.02. The van der Waals surface area contributed by atoms with Crippen LogP contribution < -0.4 is 4.74 Å². The van der Waals surface area contributed by atoms with Crippen molar-refractivity contribution >= 4 is 17.4 Å². The highest BCUT2D eigenvalue weighted by atomic mass is 16.5. The van der Waals surface area contributed by atoms with Crippen LogP contribution in [0.5, 0.6) is 5.75 Å². The van der Waals surface area contributed by atoms with E-state index in [0.29, 0.717) is 37.5 Å². The number of ether oxygens (including phenoxy) is 2. The fourth-order valence-corrected chi connectivity index (χ4v) is 4.61. The van der Waals surface area contributed by atoms with Gasteiger partial charge in [0, 0.05) is 25.8 Å². The molecule has 1 aliphatic rings. The molecule has 6 nitrogen and oxygen atoms in total. The van der Waals surface area contributed by atoms with Gasteiger partial charge in [-0.05, 0) is 52.8 Å². The second-order valence-corrected chi connectivity index (χ2v) is 10.5. The van der Waals surface area contributed by atoms with Gasteiger partial charge in [-0.2, -0.15) is 0 Å². The summed E-state index contributed by atoms with van der Waals surface area (Å²) in [7, 11) is 1.60. The number of hydrogen-bond donors (Lipinski definition) is 1. The number of carbonyl (C=O) groups excluding carboxylic acids is 2. The number of carbonyl (C=O) groups is 2. The lowest BCUT2D eigenvalue weighted by Gasteiger charge is -2.26. The summed E-state index contributed by atoms with van der Waals surface area (Å²) in [4.78, 5) is 27.9. The molecule has 4 rings (SSSR count). The summed E-state index contributed by atoms with van der Waals surface area (Å²) in [6, 6.07) is 24.0. The second-order valence-electron chi connectivity index (χ2n) is 10.5. The van der Waals surface area contributed by atoms with Crippen molar-refractivity contribution in [3.63, 3.8) is 0 Å². The number of likely N-dealkylation sites (tertiary alicyclic amines) is 1. The van der Waals surface area contributed by atoms with E-state index in [4.69, 9.17) is 9.47 Å². The van der Waals surface area contributed by atoms with Gasteiger partial charge in [-0.3, -0.25) is 9.59 Å². The van der Waals surface area contributed by atoms with Crippen LogP contribution in [0.4, 0.5) is 0 Å². The quantitative estimate of drug-likeness (QED) is 0.164. The molecular formula is C32H35NO5. The van der Waals surface area contributed by atoms with E-state index in [1.807, 2.05) is 54.6 Å². The summed E-state index contributed by atoms with van der Waals surface area (Å²) in [5.74, 6) is -0.860. The standard InChI is InChI=1S/C32H35NO5/c1-32(2,3)25-15-11-23(12-16-25)28-27(30(35)31(36)33(28)19-8-20-37-4)29(34)24-13-17-26(18-14-24)38-21-22-9-6-5-7-10-22/h5-7,9-18,28,34H,8,19-21H2,1-4H3/b29-27+. The van der Waals surface area contributed by atoms with E-state index < -0.39 is 17.7 Å². The number of amides is 1. The maximum atomic E-state index is 13.2. The van der Waals surface area contributed by atoms with Crippen LogP contribution in [0.1, 0.15) is 55.5 Å². The van der Waals surface area contributed by atoms with Gasteiger partial charge in [-0.15, -0.1) is 0 Å². The minimum Gasteiger partial charge on any atom is -0.507 e. The number of hydrogen-bond acceptors (Lipinski definition) is 5. The number of nitrogens with zero attached hydrogens (tertiary/aromatic N) is 1. The third kappa shape index (κ3) is 5.97. The Bertz CT molecular complexity index is 1290. The predicted molar refractivity (Wildman–Crippen MR) is 148 cm³/mol. The van der Waals surface area contributed by atoms with Crippen LogP contribution in [0.2, 0.25) is 0 Å². The molecule has 0 radical (unpaired) electrons. The minimum absolute atomic E-state index is 0.0386. The van der Waals surface area contributed by atoms with Gasteiger partial charge >= 0.3 is 0 Å². The van der Waals surface area contributed by atoms with Crippen molar-refractivity contribution in [2.24, 2.45) is 0 Å². The molecule has 0 spiro atoms. The van der Waals surface area contributed by atoms with E-state index in [1.54, 1.807) is 31.4 Å². The molecule has 1 saturated heterocycles. The van der Waals surface area contributed by atoms with E-state index in [9.17, 15) is 14.7 Å². The van der Waals surface area contributed by atoms with Crippen molar-refractivity contribution in [1.29, 1.82) is 0 Å². The summed E-state index contributed by atoms with van der Waals surface area (Å²) in [5.41, 5.74) is 3.47. The molecule has 1 fully saturated rings. The Balaban J connectivity index is 1.66. The molecule has 6 heteroatoms. The van der Waals surface area contributed by atoms with E-state index in [-0.39, 0.29) is 16.7 Å². The number of aliphatic hydroxyl groups is 1. The highest BCUT2D eigenvalue weighted by Gasteiger charge is 2.45. The molecule has 38 heavy (non-hydrogen) atoms. The van der Waals surface area contributed by atoms with Crippen molar-refractivity contribution in [2.75, 3.05) is 20.3 Å². The number of Topliss-reactive ketones (excluding diaryl/α,β-unsaturated/α-hetero) is 1. The topological polar surface area (TPSA) is 76.1 Å². The fraction of sp³-hybridized carbons (Fsp3) is 0.312. The summed E-state index contributed by atoms with van der Waals surface area (Å²) in [5, 5.41) is 11.3. The van der Waals surface area contributed by atoms with Crippen LogP contribution in [0, 0.1) is 0 Å². The molecule has 1 aliphatic heterocycles. The van der Waals surface area contributed by atoms with Crippen LogP contribution in [-0.2, 0) is 26.3 Å². The first-order valence-corrected chi connectivity index (χ1v) is 12.9. The SMILES string of the molecule is COCCCN1C(=O)C(=O)/C(=C(/O)c2ccc(OCc3ccccc3)cc2)C1c1ccc(C(C)(C)C)cc1. The molecular weight excluding hydrogens is 478 g/mol. The van der Waals surface area contributed by atoms with Gasteiger partial charge in [0.05, 0.1) is 11.6 Å². The monoisotopic (exact) mass is 513 g/mol. The van der Waals surface area contributed by atoms with Crippen molar-refractivity contribution in [2.45, 2.75) is 45.3 Å². The number of rotatable bonds is 9. The van der Waals surface area contributed by atoms with E-state index in [1.165, 1.54) is 4.90 Å². The molecule has 1 N–H and O–H groups in total. The number of methoxy groups -OCH3 is 1. The zero-order chi connectivity index (χ0) is 27.3. The molecule has 1 amide bonds. The minimum atomic E-state index is -0.686. The third-order valence-electron chi connectivity index (χ3n) is 6.76. The Morgan fingerprint density at radius 2 is 1.58 bits per heavy atom. The molecule has 198 valence electrons. The zero-order valence-corrected chi connectivity index (χ0v) is 22.4. The van der Waals surface area contributed by atoms with Crippen LogP contribution >= 0.6 is 0 Å². The molecule has 0 aromatic heterocycles. The lowest BCUT2D eigenvalue weighted by atomic mass is 9.85. The highest BCUT2D eigenvalue weighted by molar-refractivity contribution is 6.46. The number of aliphatic hydroxyl groups excluding tert-OH is 1. The van der Waals surface area contributed by atoms with Crippen molar-refractivity contribution in [3.8, 4) is 5.75 Å². The second kappa shape index (κ2) is 11.7. The number of benzene rings is 3. The Morgan fingerprint density at radius 3 is 2.18 bits per heavy atom. The van der Waals surface area contributed by atoms with Crippen LogP contribution in [0.25, 0.3) is 5.76 Å². The molecule has 0 saturated carbocycles. The van der Waals surface area contributed by atoms with Crippen LogP contribution in [-0.4, -0.2) is 42.0 Å². The Morgan fingerprint density at radius 1 is 0.921 bits per heavy atom. The van der Waals surface area contributed by atoms with Gasteiger partial charge < -0.3 is 19.5 Å². The van der Waals surface area contributed by atoms with Gasteiger partial charge in [0.25, 0.3) is 11.7 Å². The normalized spacial score (nSPS) is 17.2. The molecule has 0 aliphatic carbocycles. The summed E-state index contributed by atoms with van der Waals surface area (Å²) >= 11 is 0. The maximum Gasteiger partial charge on any atom is 0.295 e. The molecule has 1 unspecified atom stereocenters. The molecule has 0 bridgehead atoms. The van der Waals surface area contributed by atoms with Crippen LogP contribution in [0.3, 0.4) is 0 Å². The Labute approximate surface area is 224 Å². The maximum absolute atomic E-state index is 13.2. The lowest BCUT2D eigenvalue weighted by Crippen LogP contribution is -2.31. The summed E-state index contributed by atoms with van der Waals surface area (Å²) in [6.07, 6.45) is 0.577. The lowest BCUT2D eigenvalue weighted by molar-refractivity contribution is -0.140. The Kier molecular flexibility index (Phi) is 8.32. The van der Waals surface area contributed by atoms with Crippen molar-refractivity contribution in [3.05, 3.63) is 107 Å². The van der Waals surface area contributed by atoms with E-state index in [2.05, 4.69) is 20.8 Å². The summed E-state index contributed by atoms with van der Waals surface area (Å²) < 4.78 is 11.0. The fourth-order valence-electron chi connectivity index (χ4n) is 4.61. The molecule has 1 atom stereocenters. The molecule has 1 heterocycles. The summed E-state index contributed by atoms with van der Waals surface area (Å²) in [6.45, 7) is 7.61. The van der Waals surface area contributed by atoms with Crippen molar-refractivity contribution in [1.82, 2.24) is 4.90 Å². The highest BCUT2D eigenvalue weighted by Crippen LogP contribution is 2.40. The van der Waals surface area contributed by atoms with Gasteiger partial charge in [-0.25, -0.2) is 0 Å². The van der Waals surface area contributed by atoms with Gasteiger partial charge in [0.1, 0.15) is 18.1 Å². The van der Waals surface area contributed by atoms with E-state index in [0.717, 1.165) is 16.7 Å². The first-order valence-electron chi connectivity index (χ1n) is 12.9. The first-order chi connectivity index (χ1) is 18.2. The van der Waals surface area contributed by atoms with Gasteiger partial charge in [0.15, 0.2) is 0 Å². The molecule has 3 aromatic carbocycles. The van der Waals surface area contributed by atoms with Gasteiger partial charge in [0.2, 0.25) is 0 Å². The molecule has 3 aromatic rings. The average molecular weight is 514 g/mol. The van der Waals surface area contributed by atoms with Crippen molar-refractivity contribution < 1.29 is 24.2 Å². The van der Waals surface area contributed by atoms with Crippen LogP contribution in [0.15, 0.2) is 84.4 Å². The third-order valence-corrected chi connectivity index (χ3v) is 6.76. The van der Waals surface area contributed by atoms with E-state index >= 15 is 0 Å².